The van der Waals surface area contributed by atoms with Crippen LogP contribution in [0, 0.1) is 5.41 Å². The van der Waals surface area contributed by atoms with Crippen LogP contribution in [0.1, 0.15) is 39.5 Å². The highest BCUT2D eigenvalue weighted by Gasteiger charge is 2.23. The summed E-state index contributed by atoms with van der Waals surface area (Å²) in [5.41, 5.74) is 6.17. The zero-order valence-corrected chi connectivity index (χ0v) is 10.6. The Morgan fingerprint density at radius 3 is 2.20 bits per heavy atom. The predicted octanol–water partition coefficient (Wildman–Crippen LogP) is 2.19. The molecule has 2 N–H and O–H groups in total. The Kier molecular flexibility index (Phi) is 9.06. The van der Waals surface area contributed by atoms with Gasteiger partial charge in [-0.25, -0.2) is 0 Å². The van der Waals surface area contributed by atoms with Gasteiger partial charge < -0.3 is 15.2 Å². The Bertz CT molecular complexity index is 127. The summed E-state index contributed by atoms with van der Waals surface area (Å²) in [7, 11) is 1.69. The maximum atomic E-state index is 5.83. The zero-order chi connectivity index (χ0) is 11.6. The Labute approximate surface area is 94.3 Å². The number of ether oxygens (including phenoxy) is 2. The zero-order valence-electron chi connectivity index (χ0n) is 10.6. The van der Waals surface area contributed by atoms with Gasteiger partial charge in [0.15, 0.2) is 0 Å². The third kappa shape index (κ3) is 6.13. The first kappa shape index (κ1) is 14.9. The van der Waals surface area contributed by atoms with Crippen molar-refractivity contribution in [2.24, 2.45) is 11.1 Å². The van der Waals surface area contributed by atoms with Gasteiger partial charge in [-0.05, 0) is 37.6 Å². The summed E-state index contributed by atoms with van der Waals surface area (Å²) in [6.45, 7) is 7.45. The molecule has 0 spiro atoms. The van der Waals surface area contributed by atoms with Crippen molar-refractivity contribution in [3.63, 3.8) is 0 Å². The van der Waals surface area contributed by atoms with E-state index in [1.165, 1.54) is 6.42 Å². The van der Waals surface area contributed by atoms with Gasteiger partial charge in [0.2, 0.25) is 0 Å². The van der Waals surface area contributed by atoms with Crippen LogP contribution in [-0.4, -0.2) is 33.5 Å². The van der Waals surface area contributed by atoms with Crippen molar-refractivity contribution in [1.29, 1.82) is 0 Å². The molecule has 3 heteroatoms. The highest BCUT2D eigenvalue weighted by atomic mass is 16.5. The van der Waals surface area contributed by atoms with Gasteiger partial charge in [0.05, 0.1) is 13.2 Å². The lowest BCUT2D eigenvalue weighted by Crippen LogP contribution is -2.29. The monoisotopic (exact) mass is 217 g/mol. The second-order valence-electron chi connectivity index (χ2n) is 4.12. The van der Waals surface area contributed by atoms with Crippen molar-refractivity contribution in [2.75, 3.05) is 33.5 Å². The Morgan fingerprint density at radius 2 is 1.73 bits per heavy atom. The van der Waals surface area contributed by atoms with Crippen molar-refractivity contribution < 1.29 is 9.47 Å². The van der Waals surface area contributed by atoms with Crippen LogP contribution in [0.3, 0.4) is 0 Å². The fraction of sp³-hybridized carbons (Fsp3) is 1.00. The molecule has 0 aliphatic heterocycles. The van der Waals surface area contributed by atoms with E-state index in [-0.39, 0.29) is 0 Å². The van der Waals surface area contributed by atoms with Crippen LogP contribution in [-0.2, 0) is 9.47 Å². The van der Waals surface area contributed by atoms with Gasteiger partial charge in [0.1, 0.15) is 0 Å². The molecule has 0 aliphatic carbocycles. The average Bonchev–Trinajstić information content (AvgIpc) is 2.29. The molecular weight excluding hydrogens is 190 g/mol. The summed E-state index contributed by atoms with van der Waals surface area (Å²) < 4.78 is 10.3. The SMILES string of the molecule is CCC(CC)(CN)CCCOCCOC. The van der Waals surface area contributed by atoms with Crippen molar-refractivity contribution in [3.05, 3.63) is 0 Å². The van der Waals surface area contributed by atoms with Crippen LogP contribution >= 0.6 is 0 Å². The number of nitrogens with two attached hydrogens (primary N) is 1. The first-order valence-electron chi connectivity index (χ1n) is 6.01. The smallest absolute Gasteiger partial charge is 0.0700 e. The molecule has 0 aromatic heterocycles. The molecule has 0 unspecified atom stereocenters. The van der Waals surface area contributed by atoms with Gasteiger partial charge in [-0.15, -0.1) is 0 Å². The molecule has 0 aromatic rings. The number of hydrogen-bond acceptors (Lipinski definition) is 3. The van der Waals surface area contributed by atoms with Crippen LogP contribution in [0.4, 0.5) is 0 Å². The molecule has 0 saturated carbocycles. The lowest BCUT2D eigenvalue weighted by Gasteiger charge is -2.30. The highest BCUT2D eigenvalue weighted by Crippen LogP contribution is 2.30. The molecule has 92 valence electrons. The van der Waals surface area contributed by atoms with Gasteiger partial charge >= 0.3 is 0 Å². The molecular formula is C12H27NO2. The molecule has 0 fully saturated rings. The van der Waals surface area contributed by atoms with E-state index in [0.717, 1.165) is 32.4 Å². The van der Waals surface area contributed by atoms with Crippen LogP contribution in [0.15, 0.2) is 0 Å². The molecule has 0 aliphatic rings. The van der Waals surface area contributed by atoms with Crippen LogP contribution in [0.2, 0.25) is 0 Å². The second kappa shape index (κ2) is 9.13. The summed E-state index contributed by atoms with van der Waals surface area (Å²) >= 11 is 0. The minimum atomic E-state index is 0.338. The topological polar surface area (TPSA) is 44.5 Å². The van der Waals surface area contributed by atoms with Crippen molar-refractivity contribution in [2.45, 2.75) is 39.5 Å². The maximum Gasteiger partial charge on any atom is 0.0700 e. The minimum Gasteiger partial charge on any atom is -0.382 e. The predicted molar refractivity (Wildman–Crippen MR) is 64.0 cm³/mol. The van der Waals surface area contributed by atoms with E-state index in [1.54, 1.807) is 7.11 Å². The Morgan fingerprint density at radius 1 is 1.07 bits per heavy atom. The van der Waals surface area contributed by atoms with E-state index >= 15 is 0 Å². The van der Waals surface area contributed by atoms with E-state index in [0.29, 0.717) is 18.6 Å². The summed E-state index contributed by atoms with van der Waals surface area (Å²) in [5, 5.41) is 0. The lowest BCUT2D eigenvalue weighted by molar-refractivity contribution is 0.0630. The molecule has 3 nitrogen and oxygen atoms in total. The normalized spacial score (nSPS) is 12.0. The van der Waals surface area contributed by atoms with Gasteiger partial charge in [0.25, 0.3) is 0 Å². The van der Waals surface area contributed by atoms with E-state index in [4.69, 9.17) is 15.2 Å². The summed E-state index contributed by atoms with van der Waals surface area (Å²) in [6.07, 6.45) is 4.60. The summed E-state index contributed by atoms with van der Waals surface area (Å²) in [5.74, 6) is 0. The highest BCUT2D eigenvalue weighted by molar-refractivity contribution is 4.77. The van der Waals surface area contributed by atoms with Crippen molar-refractivity contribution in [1.82, 2.24) is 0 Å². The van der Waals surface area contributed by atoms with E-state index in [2.05, 4.69) is 13.8 Å². The number of methoxy groups -OCH3 is 1. The van der Waals surface area contributed by atoms with Crippen molar-refractivity contribution in [3.8, 4) is 0 Å². The Hall–Kier alpha value is -0.120. The maximum absolute atomic E-state index is 5.83. The molecule has 0 atom stereocenters. The largest absolute Gasteiger partial charge is 0.382 e. The molecule has 15 heavy (non-hydrogen) atoms. The Balaban J connectivity index is 3.54. The van der Waals surface area contributed by atoms with Gasteiger partial charge in [0, 0.05) is 13.7 Å². The molecule has 0 bridgehead atoms. The van der Waals surface area contributed by atoms with E-state index < -0.39 is 0 Å². The molecule has 0 saturated heterocycles. The van der Waals surface area contributed by atoms with Gasteiger partial charge in [-0.3, -0.25) is 0 Å². The molecule has 0 amide bonds. The standard InChI is InChI=1S/C12H27NO2/c1-4-12(5-2,11-13)7-6-8-15-10-9-14-3/h4-11,13H2,1-3H3. The van der Waals surface area contributed by atoms with Gasteiger partial charge in [-0.1, -0.05) is 13.8 Å². The van der Waals surface area contributed by atoms with Gasteiger partial charge in [-0.2, -0.15) is 0 Å². The fourth-order valence-corrected chi connectivity index (χ4v) is 1.79. The summed E-state index contributed by atoms with van der Waals surface area (Å²) in [6, 6.07) is 0. The molecule has 0 aromatic carbocycles. The third-order valence-corrected chi connectivity index (χ3v) is 3.36. The molecule has 0 heterocycles. The van der Waals surface area contributed by atoms with E-state index in [9.17, 15) is 0 Å². The first-order chi connectivity index (χ1) is 7.24. The van der Waals surface area contributed by atoms with Crippen LogP contribution in [0.25, 0.3) is 0 Å². The second-order valence-corrected chi connectivity index (χ2v) is 4.12. The average molecular weight is 217 g/mol. The van der Waals surface area contributed by atoms with Crippen LogP contribution in [0.5, 0.6) is 0 Å². The van der Waals surface area contributed by atoms with E-state index in [1.807, 2.05) is 0 Å². The number of hydrogen-bond donors (Lipinski definition) is 1. The number of rotatable bonds is 10. The first-order valence-corrected chi connectivity index (χ1v) is 6.01. The molecule has 0 radical (unpaired) electrons. The quantitative estimate of drug-likeness (QED) is 0.571. The van der Waals surface area contributed by atoms with Crippen molar-refractivity contribution >= 4 is 0 Å². The summed E-state index contributed by atoms with van der Waals surface area (Å²) in [4.78, 5) is 0. The third-order valence-electron chi connectivity index (χ3n) is 3.36. The molecule has 0 rings (SSSR count). The minimum absolute atomic E-state index is 0.338. The van der Waals surface area contributed by atoms with Crippen LogP contribution < -0.4 is 5.73 Å². The fourth-order valence-electron chi connectivity index (χ4n) is 1.79. The lowest BCUT2D eigenvalue weighted by atomic mass is 9.78.